The van der Waals surface area contributed by atoms with E-state index in [9.17, 15) is 18.0 Å². The van der Waals surface area contributed by atoms with Crippen molar-refractivity contribution in [2.75, 3.05) is 5.32 Å². The molecule has 0 amide bonds. The van der Waals surface area contributed by atoms with Gasteiger partial charge in [0.05, 0.1) is 34.6 Å². The highest BCUT2D eigenvalue weighted by Gasteiger charge is 2.33. The third-order valence-corrected chi connectivity index (χ3v) is 3.72. The fourth-order valence-electron chi connectivity index (χ4n) is 2.59. The van der Waals surface area contributed by atoms with E-state index < -0.39 is 22.8 Å². The van der Waals surface area contributed by atoms with Crippen molar-refractivity contribution in [2.45, 2.75) is 18.3 Å². The minimum absolute atomic E-state index is 0.0941. The van der Waals surface area contributed by atoms with Gasteiger partial charge in [0.15, 0.2) is 5.65 Å². The standard InChI is InChI=1S/C16H10B3F3N4O/c1-8-4-2-3-5-10(8)26-13-9(6-7-11(23-13)15(20,21)22)12(24-14(26)27)25-16(17,18)19/h2-7H,1H3,(H,24,25,27). The summed E-state index contributed by atoms with van der Waals surface area (Å²) in [7, 11) is 16.4. The summed E-state index contributed by atoms with van der Waals surface area (Å²) in [5.41, 5.74) is -1.29. The molecule has 2 heterocycles. The molecule has 0 fully saturated rings. The van der Waals surface area contributed by atoms with Crippen molar-refractivity contribution >= 4 is 40.4 Å². The highest BCUT2D eigenvalue weighted by atomic mass is 19.4. The van der Waals surface area contributed by atoms with Gasteiger partial charge in [0.1, 0.15) is 11.5 Å². The first-order chi connectivity index (χ1) is 12.5. The van der Waals surface area contributed by atoms with Crippen LogP contribution in [0.2, 0.25) is 0 Å². The predicted octanol–water partition coefficient (Wildman–Crippen LogP) is 1.64. The first-order valence-corrected chi connectivity index (χ1v) is 7.69. The van der Waals surface area contributed by atoms with E-state index in [-0.39, 0.29) is 16.9 Å². The zero-order valence-electron chi connectivity index (χ0n) is 14.1. The number of aryl methyl sites for hydroxylation is 1. The Labute approximate surface area is 156 Å². The lowest BCUT2D eigenvalue weighted by atomic mass is 9.49. The highest BCUT2D eigenvalue weighted by molar-refractivity contribution is 6.60. The third kappa shape index (κ3) is 3.86. The van der Waals surface area contributed by atoms with Crippen molar-refractivity contribution in [3.05, 3.63) is 58.1 Å². The molecule has 6 radical (unpaired) electrons. The number of halogens is 3. The Morgan fingerprint density at radius 3 is 2.30 bits per heavy atom. The zero-order chi connectivity index (χ0) is 20.0. The van der Waals surface area contributed by atoms with Crippen LogP contribution in [0.25, 0.3) is 16.7 Å². The number of pyridine rings is 1. The molecule has 130 valence electrons. The molecule has 3 aromatic rings. The number of hydrogen-bond donors (Lipinski definition) is 1. The van der Waals surface area contributed by atoms with E-state index in [0.29, 0.717) is 11.3 Å². The molecular formula is C16H10B3F3N4O. The summed E-state index contributed by atoms with van der Waals surface area (Å²) in [6, 6.07) is 8.55. The van der Waals surface area contributed by atoms with Gasteiger partial charge < -0.3 is 5.32 Å². The molecule has 0 bridgehead atoms. The largest absolute Gasteiger partial charge is 0.433 e. The number of aromatic nitrogens is 3. The molecule has 0 unspecified atom stereocenters. The van der Waals surface area contributed by atoms with E-state index >= 15 is 0 Å². The Morgan fingerprint density at radius 1 is 1.04 bits per heavy atom. The lowest BCUT2D eigenvalue weighted by Crippen LogP contribution is -2.41. The number of para-hydroxylation sites is 1. The number of nitrogens with one attached hydrogen (secondary N) is 1. The third-order valence-electron chi connectivity index (χ3n) is 3.72. The normalized spacial score (nSPS) is 12.3. The maximum Gasteiger partial charge on any atom is 0.433 e. The van der Waals surface area contributed by atoms with Crippen molar-refractivity contribution in [3.8, 4) is 5.69 Å². The second-order valence-electron chi connectivity index (χ2n) is 5.99. The summed E-state index contributed by atoms with van der Waals surface area (Å²) < 4.78 is 40.5. The summed E-state index contributed by atoms with van der Waals surface area (Å²) in [4.78, 5) is 20.1. The molecule has 2 aromatic heterocycles. The number of benzene rings is 1. The molecule has 0 aliphatic rings. The van der Waals surface area contributed by atoms with E-state index in [4.69, 9.17) is 23.5 Å². The average Bonchev–Trinajstić information content (AvgIpc) is 2.53. The summed E-state index contributed by atoms with van der Waals surface area (Å²) in [5.74, 6) is -0.173. The van der Waals surface area contributed by atoms with Gasteiger partial charge in [-0.15, -0.1) is 0 Å². The van der Waals surface area contributed by atoms with Gasteiger partial charge in [0.25, 0.3) is 0 Å². The number of hydrogen-bond acceptors (Lipinski definition) is 4. The molecule has 1 aromatic carbocycles. The van der Waals surface area contributed by atoms with E-state index in [1.165, 1.54) is 0 Å². The molecular weight excluding hydrogens is 354 g/mol. The first kappa shape index (κ1) is 19.1. The summed E-state index contributed by atoms with van der Waals surface area (Å²) in [5, 5.41) is 0.558. The molecule has 5 nitrogen and oxygen atoms in total. The molecule has 11 heteroatoms. The second kappa shape index (κ2) is 6.47. The molecule has 0 saturated carbocycles. The molecule has 3 rings (SSSR count). The van der Waals surface area contributed by atoms with E-state index in [0.717, 1.165) is 16.7 Å². The highest BCUT2D eigenvalue weighted by Crippen LogP contribution is 2.31. The predicted molar refractivity (Wildman–Crippen MR) is 98.5 cm³/mol. The fourth-order valence-corrected chi connectivity index (χ4v) is 2.59. The maximum atomic E-state index is 13.2. The first-order valence-electron chi connectivity index (χ1n) is 7.69. The van der Waals surface area contributed by atoms with Crippen LogP contribution in [-0.2, 0) is 6.18 Å². The van der Waals surface area contributed by atoms with Gasteiger partial charge in [-0.3, -0.25) is 0 Å². The summed E-state index contributed by atoms with van der Waals surface area (Å²) in [6.07, 6.45) is -4.70. The Balaban J connectivity index is 2.41. The molecule has 0 atom stereocenters. The van der Waals surface area contributed by atoms with Crippen LogP contribution in [-0.4, -0.2) is 43.3 Å². The van der Waals surface area contributed by atoms with Crippen LogP contribution < -0.4 is 11.0 Å². The number of anilines is 1. The fraction of sp³-hybridized carbons (Fsp3) is 0.188. The Kier molecular flexibility index (Phi) is 4.57. The molecule has 0 saturated heterocycles. The molecule has 1 N–H and O–H groups in total. The van der Waals surface area contributed by atoms with Gasteiger partial charge in [-0.2, -0.15) is 18.2 Å². The van der Waals surface area contributed by atoms with Crippen molar-refractivity contribution in [3.63, 3.8) is 0 Å². The Hall–Kier alpha value is -2.71. The minimum atomic E-state index is -4.70. The van der Waals surface area contributed by atoms with Crippen molar-refractivity contribution < 1.29 is 13.2 Å². The molecule has 0 spiro atoms. The molecule has 27 heavy (non-hydrogen) atoms. The van der Waals surface area contributed by atoms with E-state index in [1.807, 2.05) is 0 Å². The summed E-state index contributed by atoms with van der Waals surface area (Å²) in [6.45, 7) is 1.71. The van der Waals surface area contributed by atoms with E-state index in [1.54, 1.807) is 31.2 Å². The van der Waals surface area contributed by atoms with Crippen LogP contribution >= 0.6 is 0 Å². The van der Waals surface area contributed by atoms with Crippen molar-refractivity contribution in [1.82, 2.24) is 14.5 Å². The van der Waals surface area contributed by atoms with E-state index in [2.05, 4.69) is 15.3 Å². The van der Waals surface area contributed by atoms with Crippen LogP contribution in [0.4, 0.5) is 19.0 Å². The van der Waals surface area contributed by atoms with Gasteiger partial charge in [-0.05, 0) is 30.7 Å². The second-order valence-corrected chi connectivity index (χ2v) is 5.99. The quantitative estimate of drug-likeness (QED) is 0.719. The van der Waals surface area contributed by atoms with Crippen LogP contribution in [0.3, 0.4) is 0 Å². The Morgan fingerprint density at radius 2 is 1.70 bits per heavy atom. The maximum absolute atomic E-state index is 13.2. The SMILES string of the molecule is [B]C([B])([B])Nc1nc(=O)n(-c2ccccc2C)c2nc(C(F)(F)F)ccc12. The van der Waals surface area contributed by atoms with Gasteiger partial charge in [0, 0.05) is 0 Å². The van der Waals surface area contributed by atoms with Crippen LogP contribution in [0.5, 0.6) is 0 Å². The topological polar surface area (TPSA) is 59.8 Å². The lowest BCUT2D eigenvalue weighted by molar-refractivity contribution is -0.141. The zero-order valence-corrected chi connectivity index (χ0v) is 14.1. The van der Waals surface area contributed by atoms with Crippen LogP contribution in [0, 0.1) is 6.92 Å². The molecule has 0 aliphatic heterocycles. The average molecular weight is 364 g/mol. The number of alkyl halides is 3. The van der Waals surface area contributed by atoms with Crippen molar-refractivity contribution in [1.29, 1.82) is 0 Å². The molecule has 0 aliphatic carbocycles. The van der Waals surface area contributed by atoms with Crippen LogP contribution in [0.1, 0.15) is 11.3 Å². The number of nitrogens with zero attached hydrogens (tertiary/aromatic N) is 3. The smallest absolute Gasteiger partial charge is 0.389 e. The number of rotatable bonds is 3. The van der Waals surface area contributed by atoms with Gasteiger partial charge in [-0.1, -0.05) is 23.4 Å². The van der Waals surface area contributed by atoms with Gasteiger partial charge >= 0.3 is 11.9 Å². The van der Waals surface area contributed by atoms with Gasteiger partial charge in [-0.25, -0.2) is 14.3 Å². The minimum Gasteiger partial charge on any atom is -0.389 e. The monoisotopic (exact) mass is 364 g/mol. The number of fused-ring (bicyclic) bond motifs is 1. The summed E-state index contributed by atoms with van der Waals surface area (Å²) >= 11 is 0. The van der Waals surface area contributed by atoms with Gasteiger partial charge in [0.2, 0.25) is 0 Å². The Bertz CT molecular complexity index is 1080. The van der Waals surface area contributed by atoms with Crippen molar-refractivity contribution in [2.24, 2.45) is 0 Å². The lowest BCUT2D eigenvalue weighted by Gasteiger charge is -2.24. The van der Waals surface area contributed by atoms with Crippen LogP contribution in [0.15, 0.2) is 41.2 Å².